The quantitative estimate of drug-likeness (QED) is 0.525. The van der Waals surface area contributed by atoms with Crippen molar-refractivity contribution < 1.29 is 9.53 Å². The normalized spacial score (nSPS) is 26.6. The van der Waals surface area contributed by atoms with E-state index in [2.05, 4.69) is 63.6 Å². The number of piperidine rings is 1. The zero-order valence-corrected chi connectivity index (χ0v) is 18.5. The number of ether oxygens (including phenoxy) is 1. The van der Waals surface area contributed by atoms with E-state index in [-0.39, 0.29) is 6.09 Å². The molecule has 0 N–H and O–H groups in total. The van der Waals surface area contributed by atoms with Gasteiger partial charge in [0.05, 0.1) is 0 Å². The third kappa shape index (κ3) is 3.36. The summed E-state index contributed by atoms with van der Waals surface area (Å²) in [6, 6.07) is 0.494. The molecule has 7 heteroatoms. The maximum absolute atomic E-state index is 12.2. The second-order valence-corrected chi connectivity index (χ2v) is 9.82. The number of amides is 1. The van der Waals surface area contributed by atoms with Crippen LogP contribution in [0.1, 0.15) is 52.4 Å². The minimum absolute atomic E-state index is 0.178. The highest BCUT2D eigenvalue weighted by molar-refractivity contribution is 14.1. The van der Waals surface area contributed by atoms with E-state index in [1.165, 1.54) is 9.53 Å². The first-order valence-corrected chi connectivity index (χ1v) is 10.2. The largest absolute Gasteiger partial charge is 0.444 e. The van der Waals surface area contributed by atoms with Crippen LogP contribution in [0.5, 0.6) is 0 Å². The van der Waals surface area contributed by atoms with Gasteiger partial charge in [-0.25, -0.2) is 9.78 Å². The average Bonchev–Trinajstić information content (AvgIpc) is 2.79. The summed E-state index contributed by atoms with van der Waals surface area (Å²) < 4.78 is 10.2. The van der Waals surface area contributed by atoms with E-state index < -0.39 is 5.60 Å². The molecule has 0 radical (unpaired) electrons. The number of aromatic nitrogens is 2. The van der Waals surface area contributed by atoms with Crippen molar-refractivity contribution >= 4 is 51.3 Å². The Balaban J connectivity index is 1.70. The molecule has 128 valence electrons. The lowest BCUT2D eigenvalue weighted by Gasteiger charge is -2.26. The Morgan fingerprint density at radius 3 is 2.30 bits per heavy atom. The number of hydrogen-bond acceptors (Lipinski definition) is 3. The molecule has 0 bridgehead atoms. The standard InChI is InChI=1S/C16H23I2N3O2/c1-8(2)14-19-12(17)13(18)21(14)11-9-6-20(7-10(9)11)15(22)23-16(3,4)5/h8-11H,6-7H2,1-5H3/t9-,10+,11?. The first-order chi connectivity index (χ1) is 10.6. The van der Waals surface area contributed by atoms with Crippen molar-refractivity contribution in [3.05, 3.63) is 13.2 Å². The molecule has 0 spiro atoms. The van der Waals surface area contributed by atoms with Crippen LogP contribution >= 0.6 is 45.2 Å². The first-order valence-electron chi connectivity index (χ1n) is 8.01. The monoisotopic (exact) mass is 543 g/mol. The van der Waals surface area contributed by atoms with Gasteiger partial charge in [0.15, 0.2) is 0 Å². The average molecular weight is 543 g/mol. The van der Waals surface area contributed by atoms with Crippen LogP contribution in [0.25, 0.3) is 0 Å². The van der Waals surface area contributed by atoms with Gasteiger partial charge in [-0.15, -0.1) is 0 Å². The Bertz CT molecular complexity index is 624. The Labute approximate surface area is 164 Å². The van der Waals surface area contributed by atoms with Gasteiger partial charge in [0, 0.05) is 36.9 Å². The molecule has 1 unspecified atom stereocenters. The maximum atomic E-state index is 12.2. The van der Waals surface area contributed by atoms with E-state index in [9.17, 15) is 4.79 Å². The number of carbonyl (C=O) groups is 1. The van der Waals surface area contributed by atoms with Crippen LogP contribution in [0, 0.1) is 19.2 Å². The fourth-order valence-corrected chi connectivity index (χ4v) is 4.64. The van der Waals surface area contributed by atoms with E-state index >= 15 is 0 Å². The van der Waals surface area contributed by atoms with E-state index in [0.29, 0.717) is 23.8 Å². The molecule has 2 fully saturated rings. The summed E-state index contributed by atoms with van der Waals surface area (Å²) in [6.45, 7) is 11.7. The van der Waals surface area contributed by atoms with Gasteiger partial charge in [0.25, 0.3) is 0 Å². The summed E-state index contributed by atoms with van der Waals surface area (Å²) >= 11 is 4.71. The van der Waals surface area contributed by atoms with Gasteiger partial charge >= 0.3 is 6.09 Å². The lowest BCUT2D eigenvalue weighted by atomic mass is 10.2. The van der Waals surface area contributed by atoms with Gasteiger partial charge in [-0.1, -0.05) is 13.8 Å². The summed E-state index contributed by atoms with van der Waals surface area (Å²) in [5, 5.41) is 0. The molecule has 2 heterocycles. The van der Waals surface area contributed by atoms with E-state index in [0.717, 1.165) is 16.8 Å². The number of carbonyl (C=O) groups excluding carboxylic acids is 1. The van der Waals surface area contributed by atoms with E-state index in [4.69, 9.17) is 9.72 Å². The summed E-state index contributed by atoms with van der Waals surface area (Å²) in [5.41, 5.74) is -0.427. The van der Waals surface area contributed by atoms with Crippen molar-refractivity contribution in [1.82, 2.24) is 14.5 Å². The number of fused-ring (bicyclic) bond motifs is 1. The predicted octanol–water partition coefficient (Wildman–Crippen LogP) is 4.25. The lowest BCUT2D eigenvalue weighted by Crippen LogP contribution is -2.37. The second-order valence-electron chi connectivity index (χ2n) is 7.78. The molecule has 1 saturated heterocycles. The van der Waals surface area contributed by atoms with Gasteiger partial charge in [-0.3, -0.25) is 0 Å². The van der Waals surface area contributed by atoms with Crippen molar-refractivity contribution in [2.45, 2.75) is 52.2 Å². The smallest absolute Gasteiger partial charge is 0.410 e. The van der Waals surface area contributed by atoms with Gasteiger partial charge in [-0.05, 0) is 66.0 Å². The molecule has 1 aromatic rings. The molecule has 1 amide bonds. The molecule has 1 saturated carbocycles. The molecule has 0 aromatic carbocycles. The highest BCUT2D eigenvalue weighted by Gasteiger charge is 2.59. The molecule has 23 heavy (non-hydrogen) atoms. The molecule has 1 aromatic heterocycles. The topological polar surface area (TPSA) is 47.4 Å². The van der Waals surface area contributed by atoms with Crippen molar-refractivity contribution in [3.63, 3.8) is 0 Å². The number of nitrogens with zero attached hydrogens (tertiary/aromatic N) is 3. The van der Waals surface area contributed by atoms with Gasteiger partial charge < -0.3 is 14.2 Å². The molecule has 1 aliphatic heterocycles. The minimum atomic E-state index is -0.427. The van der Waals surface area contributed by atoms with Crippen LogP contribution in [-0.2, 0) is 4.74 Å². The summed E-state index contributed by atoms with van der Waals surface area (Å²) in [7, 11) is 0. The van der Waals surface area contributed by atoms with E-state index in [1.54, 1.807) is 0 Å². The highest BCUT2D eigenvalue weighted by atomic mass is 127. The SMILES string of the molecule is CC(C)c1nc(I)c(I)n1C1[C@H]2CN(C(=O)OC(C)(C)C)C[C@@H]12. The Hall–Kier alpha value is -0.0600. The van der Waals surface area contributed by atoms with Crippen LogP contribution in [0.2, 0.25) is 0 Å². The zero-order valence-electron chi connectivity index (χ0n) is 14.1. The Kier molecular flexibility index (Phi) is 4.66. The Morgan fingerprint density at radius 1 is 1.26 bits per heavy atom. The zero-order chi connectivity index (χ0) is 17.1. The minimum Gasteiger partial charge on any atom is -0.444 e. The Morgan fingerprint density at radius 2 is 1.83 bits per heavy atom. The molecule has 3 rings (SSSR count). The molecule has 2 aliphatic rings. The number of rotatable bonds is 2. The molecule has 3 atom stereocenters. The number of halogens is 2. The van der Waals surface area contributed by atoms with Crippen LogP contribution in [0.3, 0.4) is 0 Å². The number of likely N-dealkylation sites (tertiary alicyclic amines) is 1. The van der Waals surface area contributed by atoms with Crippen molar-refractivity contribution in [1.29, 1.82) is 0 Å². The lowest BCUT2D eigenvalue weighted by molar-refractivity contribution is 0.0266. The molecular formula is C16H23I2N3O2. The van der Waals surface area contributed by atoms with Gasteiger partial charge in [0.1, 0.15) is 18.8 Å². The maximum Gasteiger partial charge on any atom is 0.410 e. The summed E-state index contributed by atoms with van der Waals surface area (Å²) in [5.74, 6) is 2.66. The first kappa shape index (κ1) is 17.8. The van der Waals surface area contributed by atoms with Crippen LogP contribution < -0.4 is 0 Å². The third-order valence-electron chi connectivity index (χ3n) is 4.46. The fourth-order valence-electron chi connectivity index (χ4n) is 3.44. The van der Waals surface area contributed by atoms with Gasteiger partial charge in [-0.2, -0.15) is 0 Å². The highest BCUT2D eigenvalue weighted by Crippen LogP contribution is 2.57. The van der Waals surface area contributed by atoms with Crippen molar-refractivity contribution in [3.8, 4) is 0 Å². The molecular weight excluding hydrogens is 520 g/mol. The van der Waals surface area contributed by atoms with Crippen molar-refractivity contribution in [2.75, 3.05) is 13.1 Å². The van der Waals surface area contributed by atoms with Crippen LogP contribution in [-0.4, -0.2) is 39.2 Å². The van der Waals surface area contributed by atoms with E-state index in [1.807, 2.05) is 25.7 Å². The summed E-state index contributed by atoms with van der Waals surface area (Å²) in [4.78, 5) is 18.8. The molecule has 1 aliphatic carbocycles. The summed E-state index contributed by atoms with van der Waals surface area (Å²) in [6.07, 6.45) is -0.178. The number of imidazole rings is 1. The van der Waals surface area contributed by atoms with Crippen LogP contribution in [0.15, 0.2) is 0 Å². The van der Waals surface area contributed by atoms with Crippen LogP contribution in [0.4, 0.5) is 4.79 Å². The van der Waals surface area contributed by atoms with Gasteiger partial charge in [0.2, 0.25) is 0 Å². The molecule has 5 nitrogen and oxygen atoms in total. The fraction of sp³-hybridized carbons (Fsp3) is 0.750. The predicted molar refractivity (Wildman–Crippen MR) is 106 cm³/mol. The second kappa shape index (κ2) is 6.03. The third-order valence-corrected chi connectivity index (χ3v) is 7.27. The number of hydrogen-bond donors (Lipinski definition) is 0. The van der Waals surface area contributed by atoms with Crippen molar-refractivity contribution in [2.24, 2.45) is 11.8 Å².